The van der Waals surface area contributed by atoms with Crippen molar-refractivity contribution in [3.63, 3.8) is 0 Å². The van der Waals surface area contributed by atoms with Gasteiger partial charge in [-0.15, -0.1) is 11.3 Å². The Labute approximate surface area is 131 Å². The van der Waals surface area contributed by atoms with Crippen molar-refractivity contribution in [3.8, 4) is 0 Å². The third kappa shape index (κ3) is 4.19. The highest BCUT2D eigenvalue weighted by Gasteiger charge is 2.30. The second-order valence-corrected chi connectivity index (χ2v) is 7.15. The molecule has 1 saturated carbocycles. The van der Waals surface area contributed by atoms with E-state index in [1.54, 1.807) is 0 Å². The lowest BCUT2D eigenvalue weighted by Crippen LogP contribution is -2.26. The number of nitrogens with zero attached hydrogens (tertiary/aromatic N) is 1. The maximum atomic E-state index is 5.75. The van der Waals surface area contributed by atoms with Crippen molar-refractivity contribution < 1.29 is 4.42 Å². The van der Waals surface area contributed by atoms with Gasteiger partial charge in [0.1, 0.15) is 5.76 Å². The van der Waals surface area contributed by atoms with Gasteiger partial charge < -0.3 is 9.73 Å². The lowest BCUT2D eigenvalue weighted by Gasteiger charge is -2.21. The SMILES string of the molecule is CC(C)NCc1ccoc1CN(Cc1cccs1)C1CC1. The van der Waals surface area contributed by atoms with Crippen molar-refractivity contribution in [1.29, 1.82) is 0 Å². The Hall–Kier alpha value is -1.10. The maximum Gasteiger partial charge on any atom is 0.122 e. The van der Waals surface area contributed by atoms with Gasteiger partial charge in [-0.25, -0.2) is 0 Å². The van der Waals surface area contributed by atoms with Crippen LogP contribution >= 0.6 is 11.3 Å². The summed E-state index contributed by atoms with van der Waals surface area (Å²) in [6, 6.07) is 7.70. The summed E-state index contributed by atoms with van der Waals surface area (Å²) in [5.41, 5.74) is 1.29. The first-order valence-electron chi connectivity index (χ1n) is 7.77. The number of hydrogen-bond donors (Lipinski definition) is 1. The van der Waals surface area contributed by atoms with Crippen LogP contribution in [0.15, 0.2) is 34.3 Å². The first-order chi connectivity index (χ1) is 10.2. The second-order valence-electron chi connectivity index (χ2n) is 6.12. The fourth-order valence-electron chi connectivity index (χ4n) is 2.52. The quantitative estimate of drug-likeness (QED) is 0.799. The third-order valence-electron chi connectivity index (χ3n) is 3.89. The Balaban J connectivity index is 1.64. The Bertz CT molecular complexity index is 543. The van der Waals surface area contributed by atoms with Gasteiger partial charge in [-0.2, -0.15) is 0 Å². The van der Waals surface area contributed by atoms with Crippen LogP contribution in [-0.2, 0) is 19.6 Å². The number of nitrogens with one attached hydrogen (secondary N) is 1. The fourth-order valence-corrected chi connectivity index (χ4v) is 3.25. The molecule has 0 amide bonds. The molecule has 2 aromatic heterocycles. The van der Waals surface area contributed by atoms with Crippen molar-refractivity contribution in [3.05, 3.63) is 46.0 Å². The first kappa shape index (κ1) is 14.8. The molecule has 0 aromatic carbocycles. The van der Waals surface area contributed by atoms with Crippen LogP contribution in [0.25, 0.3) is 0 Å². The third-order valence-corrected chi connectivity index (χ3v) is 4.75. The maximum absolute atomic E-state index is 5.75. The highest BCUT2D eigenvalue weighted by Crippen LogP contribution is 2.31. The zero-order chi connectivity index (χ0) is 14.7. The van der Waals surface area contributed by atoms with Crippen LogP contribution in [0.2, 0.25) is 0 Å². The summed E-state index contributed by atoms with van der Waals surface area (Å²) in [6.45, 7) is 7.20. The van der Waals surface area contributed by atoms with E-state index in [2.05, 4.69) is 47.6 Å². The Kier molecular flexibility index (Phi) is 4.78. The number of rotatable bonds is 8. The fraction of sp³-hybridized carbons (Fsp3) is 0.529. The Morgan fingerprint density at radius 3 is 2.86 bits per heavy atom. The average molecular weight is 304 g/mol. The van der Waals surface area contributed by atoms with E-state index in [0.29, 0.717) is 6.04 Å². The molecular weight excluding hydrogens is 280 g/mol. The van der Waals surface area contributed by atoms with Crippen molar-refractivity contribution in [1.82, 2.24) is 10.2 Å². The molecule has 1 fully saturated rings. The number of furan rings is 1. The molecule has 0 unspecified atom stereocenters. The molecule has 4 heteroatoms. The molecular formula is C17H24N2OS. The Morgan fingerprint density at radius 1 is 1.33 bits per heavy atom. The van der Waals surface area contributed by atoms with E-state index in [1.165, 1.54) is 23.3 Å². The molecule has 1 aliphatic rings. The second kappa shape index (κ2) is 6.77. The van der Waals surface area contributed by atoms with Gasteiger partial charge >= 0.3 is 0 Å². The molecule has 2 aromatic rings. The van der Waals surface area contributed by atoms with Crippen molar-refractivity contribution in [2.45, 2.75) is 58.4 Å². The van der Waals surface area contributed by atoms with Gasteiger partial charge in [-0.05, 0) is 30.4 Å². The molecule has 0 saturated heterocycles. The highest BCUT2D eigenvalue weighted by molar-refractivity contribution is 7.09. The zero-order valence-electron chi connectivity index (χ0n) is 12.8. The van der Waals surface area contributed by atoms with E-state index in [-0.39, 0.29) is 0 Å². The number of hydrogen-bond acceptors (Lipinski definition) is 4. The molecule has 1 N–H and O–H groups in total. The summed E-state index contributed by atoms with van der Waals surface area (Å²) in [5, 5.41) is 5.63. The molecule has 0 aliphatic heterocycles. The molecule has 0 spiro atoms. The van der Waals surface area contributed by atoms with Gasteiger partial charge in [0.25, 0.3) is 0 Å². The summed E-state index contributed by atoms with van der Waals surface area (Å²) in [7, 11) is 0. The standard InChI is InChI=1S/C17H24N2OS/c1-13(2)18-10-14-7-8-20-17(14)12-19(15-5-6-15)11-16-4-3-9-21-16/h3-4,7-9,13,15,18H,5-6,10-12H2,1-2H3. The molecule has 2 heterocycles. The summed E-state index contributed by atoms with van der Waals surface area (Å²) >= 11 is 1.84. The van der Waals surface area contributed by atoms with Crippen molar-refractivity contribution in [2.24, 2.45) is 0 Å². The molecule has 3 nitrogen and oxygen atoms in total. The predicted octanol–water partition coefficient (Wildman–Crippen LogP) is 4.00. The van der Waals surface area contributed by atoms with Crippen LogP contribution in [0.1, 0.15) is 42.9 Å². The first-order valence-corrected chi connectivity index (χ1v) is 8.65. The van der Waals surface area contributed by atoms with Gasteiger partial charge in [-0.3, -0.25) is 4.90 Å². The van der Waals surface area contributed by atoms with Gasteiger partial charge in [0.05, 0.1) is 12.8 Å². The molecule has 0 atom stereocenters. The summed E-state index contributed by atoms with van der Waals surface area (Å²) in [4.78, 5) is 4.00. The van der Waals surface area contributed by atoms with E-state index in [4.69, 9.17) is 4.42 Å². The van der Waals surface area contributed by atoms with E-state index in [1.807, 2.05) is 17.6 Å². The van der Waals surface area contributed by atoms with Gasteiger partial charge in [-0.1, -0.05) is 19.9 Å². The summed E-state index contributed by atoms with van der Waals surface area (Å²) in [6.07, 6.45) is 4.47. The van der Waals surface area contributed by atoms with Crippen LogP contribution in [0.3, 0.4) is 0 Å². The highest BCUT2D eigenvalue weighted by atomic mass is 32.1. The average Bonchev–Trinajstić information content (AvgIpc) is 3.00. The minimum Gasteiger partial charge on any atom is -0.468 e. The zero-order valence-corrected chi connectivity index (χ0v) is 13.7. The molecule has 3 rings (SSSR count). The Morgan fingerprint density at radius 2 is 2.19 bits per heavy atom. The molecule has 0 bridgehead atoms. The molecule has 1 aliphatic carbocycles. The smallest absolute Gasteiger partial charge is 0.122 e. The van der Waals surface area contributed by atoms with Crippen molar-refractivity contribution in [2.75, 3.05) is 0 Å². The van der Waals surface area contributed by atoms with E-state index >= 15 is 0 Å². The molecule has 114 valence electrons. The summed E-state index contributed by atoms with van der Waals surface area (Å²) in [5.74, 6) is 1.12. The van der Waals surface area contributed by atoms with E-state index in [9.17, 15) is 0 Å². The van der Waals surface area contributed by atoms with Gasteiger partial charge in [0.2, 0.25) is 0 Å². The van der Waals surface area contributed by atoms with Gasteiger partial charge in [0, 0.05) is 35.6 Å². The molecule has 0 radical (unpaired) electrons. The van der Waals surface area contributed by atoms with E-state index in [0.717, 1.165) is 31.4 Å². The van der Waals surface area contributed by atoms with Crippen molar-refractivity contribution >= 4 is 11.3 Å². The number of thiophene rings is 1. The summed E-state index contributed by atoms with van der Waals surface area (Å²) < 4.78 is 5.75. The van der Waals surface area contributed by atoms with Crippen LogP contribution in [0.5, 0.6) is 0 Å². The van der Waals surface area contributed by atoms with E-state index < -0.39 is 0 Å². The predicted molar refractivity (Wildman–Crippen MR) is 87.3 cm³/mol. The lowest BCUT2D eigenvalue weighted by molar-refractivity contribution is 0.226. The van der Waals surface area contributed by atoms with Gasteiger partial charge in [0.15, 0.2) is 0 Å². The molecule has 21 heavy (non-hydrogen) atoms. The van der Waals surface area contributed by atoms with Crippen LogP contribution in [0.4, 0.5) is 0 Å². The minimum absolute atomic E-state index is 0.499. The van der Waals surface area contributed by atoms with Crippen LogP contribution in [-0.4, -0.2) is 17.0 Å². The van der Waals surface area contributed by atoms with Crippen LogP contribution < -0.4 is 5.32 Å². The monoisotopic (exact) mass is 304 g/mol. The topological polar surface area (TPSA) is 28.4 Å². The van der Waals surface area contributed by atoms with Crippen LogP contribution in [0, 0.1) is 0 Å². The minimum atomic E-state index is 0.499. The largest absolute Gasteiger partial charge is 0.468 e. The lowest BCUT2D eigenvalue weighted by atomic mass is 10.2. The normalized spacial score (nSPS) is 15.2.